The molecule has 2 rings (SSSR count). The van der Waals surface area contributed by atoms with Crippen molar-refractivity contribution in [3.8, 4) is 10.4 Å². The van der Waals surface area contributed by atoms with Gasteiger partial charge in [0.25, 0.3) is 0 Å². The number of rotatable bonds is 3. The summed E-state index contributed by atoms with van der Waals surface area (Å²) in [5.74, 6) is -0.478. The van der Waals surface area contributed by atoms with Gasteiger partial charge in [-0.05, 0) is 29.5 Å². The quantitative estimate of drug-likeness (QED) is 0.885. The molecule has 100 valence electrons. The summed E-state index contributed by atoms with van der Waals surface area (Å²) in [6.07, 6.45) is 0. The van der Waals surface area contributed by atoms with Gasteiger partial charge < -0.3 is 10.8 Å². The highest BCUT2D eigenvalue weighted by Crippen LogP contribution is 2.38. The minimum atomic E-state index is -0.962. The first-order valence-corrected chi connectivity index (χ1v) is 6.96. The lowest BCUT2D eigenvalue weighted by Crippen LogP contribution is -1.97. The molecule has 0 amide bonds. The van der Waals surface area contributed by atoms with Gasteiger partial charge in [0.2, 0.25) is 0 Å². The van der Waals surface area contributed by atoms with Gasteiger partial charge in [-0.3, -0.25) is 0 Å². The van der Waals surface area contributed by atoms with Crippen molar-refractivity contribution in [3.05, 3.63) is 40.3 Å². The van der Waals surface area contributed by atoms with E-state index in [0.29, 0.717) is 11.6 Å². The van der Waals surface area contributed by atoms with E-state index >= 15 is 0 Å². The fourth-order valence-corrected chi connectivity index (χ4v) is 3.05. The second kappa shape index (κ2) is 5.05. The van der Waals surface area contributed by atoms with Gasteiger partial charge in [-0.2, -0.15) is 0 Å². The van der Waals surface area contributed by atoms with Crippen LogP contribution in [-0.4, -0.2) is 11.1 Å². The first-order chi connectivity index (χ1) is 8.91. The summed E-state index contributed by atoms with van der Waals surface area (Å²) < 4.78 is 0. The Labute approximate surface area is 116 Å². The summed E-state index contributed by atoms with van der Waals surface area (Å²) >= 11 is 1.24. The first-order valence-electron chi connectivity index (χ1n) is 6.14. The number of hydrogen-bond acceptors (Lipinski definition) is 3. The fourth-order valence-electron chi connectivity index (χ4n) is 1.98. The monoisotopic (exact) mass is 275 g/mol. The van der Waals surface area contributed by atoms with Crippen LogP contribution in [0.3, 0.4) is 0 Å². The van der Waals surface area contributed by atoms with Gasteiger partial charge in [0, 0.05) is 4.88 Å². The summed E-state index contributed by atoms with van der Waals surface area (Å²) in [5, 5.41) is 9.10. The van der Waals surface area contributed by atoms with Crippen LogP contribution in [0.4, 0.5) is 5.69 Å². The van der Waals surface area contributed by atoms with Crippen molar-refractivity contribution in [2.45, 2.75) is 26.7 Å². The van der Waals surface area contributed by atoms with E-state index < -0.39 is 5.97 Å². The van der Waals surface area contributed by atoms with Crippen molar-refractivity contribution in [2.24, 2.45) is 0 Å². The predicted molar refractivity (Wildman–Crippen MR) is 80.0 cm³/mol. The van der Waals surface area contributed by atoms with Crippen LogP contribution in [0.2, 0.25) is 0 Å². The molecular formula is C15H17NO2S. The zero-order valence-electron chi connectivity index (χ0n) is 11.2. The molecule has 2 aromatic rings. The van der Waals surface area contributed by atoms with E-state index in [2.05, 4.69) is 26.0 Å². The molecular weight excluding hydrogens is 258 g/mol. The van der Waals surface area contributed by atoms with Crippen molar-refractivity contribution in [1.29, 1.82) is 0 Å². The molecule has 19 heavy (non-hydrogen) atoms. The number of benzene rings is 1. The smallest absolute Gasteiger partial charge is 0.348 e. The fraction of sp³-hybridized carbons (Fsp3) is 0.267. The Hall–Kier alpha value is -1.81. The Morgan fingerprint density at radius 3 is 2.26 bits per heavy atom. The zero-order chi connectivity index (χ0) is 14.2. The first kappa shape index (κ1) is 13.6. The van der Waals surface area contributed by atoms with Crippen molar-refractivity contribution < 1.29 is 9.90 Å². The van der Waals surface area contributed by atoms with Crippen molar-refractivity contribution in [1.82, 2.24) is 0 Å². The highest BCUT2D eigenvalue weighted by Gasteiger charge is 2.18. The molecule has 1 aromatic carbocycles. The van der Waals surface area contributed by atoms with E-state index in [1.165, 1.54) is 16.9 Å². The highest BCUT2D eigenvalue weighted by atomic mass is 32.1. The van der Waals surface area contributed by atoms with Crippen LogP contribution in [0, 0.1) is 6.92 Å². The molecule has 0 radical (unpaired) electrons. The predicted octanol–water partition coefficient (Wildman–Crippen LogP) is 4.13. The van der Waals surface area contributed by atoms with Crippen molar-refractivity contribution in [2.75, 3.05) is 5.73 Å². The number of hydrogen-bond donors (Lipinski definition) is 2. The summed E-state index contributed by atoms with van der Waals surface area (Å²) in [4.78, 5) is 12.3. The number of carboxylic acid groups (broad SMARTS) is 1. The van der Waals surface area contributed by atoms with E-state index in [1.54, 1.807) is 0 Å². The summed E-state index contributed by atoms with van der Waals surface area (Å²) in [6, 6.07) is 8.21. The molecule has 0 aliphatic carbocycles. The van der Waals surface area contributed by atoms with Gasteiger partial charge in [-0.25, -0.2) is 4.79 Å². The molecule has 0 fully saturated rings. The van der Waals surface area contributed by atoms with E-state index in [4.69, 9.17) is 10.8 Å². The second-order valence-electron chi connectivity index (χ2n) is 4.88. The number of anilines is 1. The molecule has 3 N–H and O–H groups in total. The van der Waals surface area contributed by atoms with Gasteiger partial charge in [-0.1, -0.05) is 38.1 Å². The number of carboxylic acids is 1. The average Bonchev–Trinajstić information content (AvgIpc) is 2.67. The average molecular weight is 275 g/mol. The maximum atomic E-state index is 11.1. The molecule has 0 spiro atoms. The zero-order valence-corrected chi connectivity index (χ0v) is 12.0. The molecule has 0 saturated heterocycles. The number of carbonyl (C=O) groups is 1. The van der Waals surface area contributed by atoms with Crippen molar-refractivity contribution in [3.63, 3.8) is 0 Å². The molecule has 0 aliphatic heterocycles. The molecule has 1 aromatic heterocycles. The Kier molecular flexibility index (Phi) is 3.62. The lowest BCUT2D eigenvalue weighted by molar-refractivity contribution is 0.0703. The largest absolute Gasteiger partial charge is 0.477 e. The molecule has 0 aliphatic rings. The molecule has 0 bridgehead atoms. The third-order valence-electron chi connectivity index (χ3n) is 3.23. The highest BCUT2D eigenvalue weighted by molar-refractivity contribution is 7.18. The van der Waals surface area contributed by atoms with Crippen LogP contribution in [0.5, 0.6) is 0 Å². The maximum Gasteiger partial charge on any atom is 0.348 e. The molecule has 0 saturated carbocycles. The van der Waals surface area contributed by atoms with E-state index in [0.717, 1.165) is 16.0 Å². The Balaban J connectivity index is 2.47. The summed E-state index contributed by atoms with van der Waals surface area (Å²) in [6.45, 7) is 6.15. The molecule has 0 atom stereocenters. The Morgan fingerprint density at radius 1 is 1.26 bits per heavy atom. The second-order valence-corrected chi connectivity index (χ2v) is 5.90. The molecule has 1 heterocycles. The SMILES string of the molecule is Cc1c(-c2ccc(C(C)C)cc2)sc(C(=O)O)c1N. The van der Waals surface area contributed by atoms with E-state index in [-0.39, 0.29) is 4.88 Å². The van der Waals surface area contributed by atoms with E-state index in [1.807, 2.05) is 19.1 Å². The standard InChI is InChI=1S/C15H17NO2S/c1-8(2)10-4-6-11(7-5-10)13-9(3)12(16)14(19-13)15(17)18/h4-8H,16H2,1-3H3,(H,17,18). The minimum Gasteiger partial charge on any atom is -0.477 e. The molecule has 0 unspecified atom stereocenters. The third kappa shape index (κ3) is 2.49. The number of thiophene rings is 1. The number of aromatic carboxylic acids is 1. The Bertz CT molecular complexity index is 612. The topological polar surface area (TPSA) is 63.3 Å². The van der Waals surface area contributed by atoms with Gasteiger partial charge in [0.05, 0.1) is 5.69 Å². The summed E-state index contributed by atoms with van der Waals surface area (Å²) in [5.41, 5.74) is 9.36. The lowest BCUT2D eigenvalue weighted by Gasteiger charge is -2.06. The van der Waals surface area contributed by atoms with Gasteiger partial charge in [0.1, 0.15) is 4.88 Å². The van der Waals surface area contributed by atoms with E-state index in [9.17, 15) is 4.79 Å². The van der Waals surface area contributed by atoms with Crippen LogP contribution >= 0.6 is 11.3 Å². The minimum absolute atomic E-state index is 0.223. The van der Waals surface area contributed by atoms with Crippen LogP contribution in [-0.2, 0) is 0 Å². The number of nitrogen functional groups attached to an aromatic ring is 1. The van der Waals surface area contributed by atoms with Crippen LogP contribution in [0.15, 0.2) is 24.3 Å². The van der Waals surface area contributed by atoms with Crippen LogP contribution < -0.4 is 5.73 Å². The number of nitrogens with two attached hydrogens (primary N) is 1. The maximum absolute atomic E-state index is 11.1. The lowest BCUT2D eigenvalue weighted by atomic mass is 10.0. The van der Waals surface area contributed by atoms with Gasteiger partial charge >= 0.3 is 5.97 Å². The molecule has 3 nitrogen and oxygen atoms in total. The Morgan fingerprint density at radius 2 is 1.84 bits per heavy atom. The normalized spacial score (nSPS) is 10.9. The van der Waals surface area contributed by atoms with Gasteiger partial charge in [-0.15, -0.1) is 11.3 Å². The van der Waals surface area contributed by atoms with Crippen LogP contribution in [0.25, 0.3) is 10.4 Å². The van der Waals surface area contributed by atoms with Gasteiger partial charge in [0.15, 0.2) is 0 Å². The van der Waals surface area contributed by atoms with Crippen LogP contribution in [0.1, 0.15) is 40.6 Å². The summed E-state index contributed by atoms with van der Waals surface area (Å²) in [7, 11) is 0. The molecule has 4 heteroatoms. The van der Waals surface area contributed by atoms with Crippen molar-refractivity contribution >= 4 is 23.0 Å². The third-order valence-corrected chi connectivity index (χ3v) is 4.57.